The van der Waals surface area contributed by atoms with E-state index in [0.29, 0.717) is 6.42 Å². The summed E-state index contributed by atoms with van der Waals surface area (Å²) in [6, 6.07) is 16.3. The number of hydrogen-bond donors (Lipinski definition) is 0. The monoisotopic (exact) mass is 295 g/mol. The second kappa shape index (κ2) is 6.22. The lowest BCUT2D eigenvalue weighted by atomic mass is 9.93. The van der Waals surface area contributed by atoms with Gasteiger partial charge in [-0.05, 0) is 42.2 Å². The minimum atomic E-state index is 0.142. The largest absolute Gasteiger partial charge is 0.497 e. The predicted octanol–water partition coefficient (Wildman–Crippen LogP) is 3.38. The maximum Gasteiger partial charge on any atom is 0.227 e. The van der Waals surface area contributed by atoms with Gasteiger partial charge < -0.3 is 9.64 Å². The number of ether oxygens (including phenoxy) is 1. The first-order valence-corrected chi connectivity index (χ1v) is 7.69. The molecule has 1 aliphatic heterocycles. The minimum absolute atomic E-state index is 0.142. The van der Waals surface area contributed by atoms with Gasteiger partial charge in [-0.3, -0.25) is 4.79 Å². The van der Waals surface area contributed by atoms with Crippen LogP contribution in [-0.4, -0.2) is 24.5 Å². The van der Waals surface area contributed by atoms with Gasteiger partial charge in [-0.2, -0.15) is 0 Å². The van der Waals surface area contributed by atoms with Crippen LogP contribution in [0.4, 0.5) is 0 Å². The molecule has 0 saturated heterocycles. The molecule has 1 aliphatic rings. The van der Waals surface area contributed by atoms with Crippen LogP contribution in [0.25, 0.3) is 0 Å². The lowest BCUT2D eigenvalue weighted by Gasteiger charge is -2.35. The molecule has 0 radical (unpaired) electrons. The van der Waals surface area contributed by atoms with Crippen LogP contribution >= 0.6 is 0 Å². The van der Waals surface area contributed by atoms with Crippen molar-refractivity contribution in [1.82, 2.24) is 4.90 Å². The summed E-state index contributed by atoms with van der Waals surface area (Å²) in [7, 11) is 1.64. The van der Waals surface area contributed by atoms with Crippen molar-refractivity contribution in [3.63, 3.8) is 0 Å². The summed E-state index contributed by atoms with van der Waals surface area (Å²) < 4.78 is 5.22. The summed E-state index contributed by atoms with van der Waals surface area (Å²) in [6.07, 6.45) is 1.36. The molecule has 2 aromatic rings. The number of rotatable bonds is 3. The molecular weight excluding hydrogens is 274 g/mol. The van der Waals surface area contributed by atoms with E-state index in [-0.39, 0.29) is 11.9 Å². The summed E-state index contributed by atoms with van der Waals surface area (Å²) >= 11 is 0. The second-order valence-electron chi connectivity index (χ2n) is 5.74. The van der Waals surface area contributed by atoms with Crippen molar-refractivity contribution in [2.75, 3.05) is 13.7 Å². The molecule has 1 atom stereocenters. The summed E-state index contributed by atoms with van der Waals surface area (Å²) in [5.41, 5.74) is 3.63. The number of hydrogen-bond acceptors (Lipinski definition) is 2. The highest BCUT2D eigenvalue weighted by Crippen LogP contribution is 2.29. The average Bonchev–Trinajstić information content (AvgIpc) is 2.55. The molecule has 1 amide bonds. The quantitative estimate of drug-likeness (QED) is 0.868. The predicted molar refractivity (Wildman–Crippen MR) is 87.0 cm³/mol. The molecular formula is C19H21NO2. The Kier molecular flexibility index (Phi) is 4.14. The van der Waals surface area contributed by atoms with Crippen LogP contribution < -0.4 is 4.74 Å². The Labute approximate surface area is 131 Å². The standard InChI is InChI=1S/C19H21NO2/c1-14-18-9-4-3-7-16(18)10-11-20(14)19(21)13-15-6-5-8-17(12-15)22-2/h3-9,12,14H,10-11,13H2,1-2H3. The number of carbonyl (C=O) groups is 1. The van der Waals surface area contributed by atoms with E-state index in [0.717, 1.165) is 24.3 Å². The Morgan fingerprint density at radius 3 is 2.86 bits per heavy atom. The van der Waals surface area contributed by atoms with E-state index < -0.39 is 0 Å². The number of methoxy groups -OCH3 is 1. The van der Waals surface area contributed by atoms with Crippen LogP contribution in [0, 0.1) is 0 Å². The average molecular weight is 295 g/mol. The molecule has 0 spiro atoms. The normalized spacial score (nSPS) is 17.0. The molecule has 0 aromatic heterocycles. The molecule has 0 bridgehead atoms. The van der Waals surface area contributed by atoms with Gasteiger partial charge in [0.15, 0.2) is 0 Å². The lowest BCUT2D eigenvalue weighted by molar-refractivity contribution is -0.133. The molecule has 3 heteroatoms. The van der Waals surface area contributed by atoms with E-state index >= 15 is 0 Å². The molecule has 1 heterocycles. The third kappa shape index (κ3) is 2.84. The zero-order valence-electron chi connectivity index (χ0n) is 13.1. The summed E-state index contributed by atoms with van der Waals surface area (Å²) in [5.74, 6) is 0.970. The highest BCUT2D eigenvalue weighted by atomic mass is 16.5. The van der Waals surface area contributed by atoms with Crippen LogP contribution in [0.5, 0.6) is 5.75 Å². The number of amides is 1. The number of nitrogens with zero attached hydrogens (tertiary/aromatic N) is 1. The Morgan fingerprint density at radius 2 is 2.05 bits per heavy atom. The fraction of sp³-hybridized carbons (Fsp3) is 0.316. The maximum absolute atomic E-state index is 12.7. The zero-order chi connectivity index (χ0) is 15.5. The van der Waals surface area contributed by atoms with Crippen LogP contribution in [0.15, 0.2) is 48.5 Å². The summed E-state index contributed by atoms with van der Waals surface area (Å²) in [6.45, 7) is 2.91. The van der Waals surface area contributed by atoms with E-state index in [4.69, 9.17) is 4.74 Å². The first-order chi connectivity index (χ1) is 10.7. The Morgan fingerprint density at radius 1 is 1.23 bits per heavy atom. The zero-order valence-corrected chi connectivity index (χ0v) is 13.1. The smallest absolute Gasteiger partial charge is 0.227 e. The highest BCUT2D eigenvalue weighted by Gasteiger charge is 2.27. The van der Waals surface area contributed by atoms with Crippen molar-refractivity contribution in [2.45, 2.75) is 25.8 Å². The summed E-state index contributed by atoms with van der Waals surface area (Å²) in [5, 5.41) is 0. The maximum atomic E-state index is 12.7. The fourth-order valence-corrected chi connectivity index (χ4v) is 3.17. The van der Waals surface area contributed by atoms with Crippen LogP contribution in [0.3, 0.4) is 0 Å². The van der Waals surface area contributed by atoms with Gasteiger partial charge in [0.25, 0.3) is 0 Å². The van der Waals surface area contributed by atoms with Gasteiger partial charge in [0.2, 0.25) is 5.91 Å². The molecule has 2 aromatic carbocycles. The topological polar surface area (TPSA) is 29.5 Å². The second-order valence-corrected chi connectivity index (χ2v) is 5.74. The van der Waals surface area contributed by atoms with Crippen LogP contribution in [-0.2, 0) is 17.6 Å². The van der Waals surface area contributed by atoms with Gasteiger partial charge in [-0.15, -0.1) is 0 Å². The van der Waals surface area contributed by atoms with Crippen molar-refractivity contribution in [3.8, 4) is 5.75 Å². The fourth-order valence-electron chi connectivity index (χ4n) is 3.17. The number of benzene rings is 2. The Hall–Kier alpha value is -2.29. The van der Waals surface area contributed by atoms with E-state index in [1.165, 1.54) is 11.1 Å². The Balaban J connectivity index is 1.76. The van der Waals surface area contributed by atoms with Gasteiger partial charge in [-0.25, -0.2) is 0 Å². The van der Waals surface area contributed by atoms with Gasteiger partial charge in [-0.1, -0.05) is 36.4 Å². The molecule has 0 fully saturated rings. The molecule has 22 heavy (non-hydrogen) atoms. The number of carbonyl (C=O) groups excluding carboxylic acids is 1. The first-order valence-electron chi connectivity index (χ1n) is 7.69. The molecule has 3 rings (SSSR count). The van der Waals surface area contributed by atoms with Gasteiger partial charge in [0, 0.05) is 6.54 Å². The van der Waals surface area contributed by atoms with Crippen molar-refractivity contribution in [3.05, 3.63) is 65.2 Å². The Bertz CT molecular complexity index is 681. The van der Waals surface area contributed by atoms with Crippen LogP contribution in [0.1, 0.15) is 29.7 Å². The molecule has 0 aliphatic carbocycles. The van der Waals surface area contributed by atoms with Crippen molar-refractivity contribution >= 4 is 5.91 Å². The molecule has 0 saturated carbocycles. The number of fused-ring (bicyclic) bond motifs is 1. The van der Waals surface area contributed by atoms with E-state index in [1.807, 2.05) is 35.2 Å². The third-order valence-electron chi connectivity index (χ3n) is 4.40. The van der Waals surface area contributed by atoms with Crippen molar-refractivity contribution < 1.29 is 9.53 Å². The third-order valence-corrected chi connectivity index (χ3v) is 4.40. The molecule has 1 unspecified atom stereocenters. The molecule has 3 nitrogen and oxygen atoms in total. The van der Waals surface area contributed by atoms with E-state index in [9.17, 15) is 4.79 Å². The SMILES string of the molecule is COc1cccc(CC(=O)N2CCc3ccccc3C2C)c1. The van der Waals surface area contributed by atoms with Crippen molar-refractivity contribution in [1.29, 1.82) is 0 Å². The molecule has 0 N–H and O–H groups in total. The minimum Gasteiger partial charge on any atom is -0.497 e. The lowest BCUT2D eigenvalue weighted by Crippen LogP contribution is -2.39. The van der Waals surface area contributed by atoms with Gasteiger partial charge in [0.05, 0.1) is 19.6 Å². The highest BCUT2D eigenvalue weighted by molar-refractivity contribution is 5.79. The molecule has 114 valence electrons. The van der Waals surface area contributed by atoms with Gasteiger partial charge in [0.1, 0.15) is 5.75 Å². The van der Waals surface area contributed by atoms with Crippen LogP contribution in [0.2, 0.25) is 0 Å². The first kappa shape index (κ1) is 14.6. The van der Waals surface area contributed by atoms with Gasteiger partial charge >= 0.3 is 0 Å². The summed E-state index contributed by atoms with van der Waals surface area (Å²) in [4.78, 5) is 14.7. The van der Waals surface area contributed by atoms with Crippen molar-refractivity contribution in [2.24, 2.45) is 0 Å². The van der Waals surface area contributed by atoms with E-state index in [2.05, 4.69) is 25.1 Å². The van der Waals surface area contributed by atoms with E-state index in [1.54, 1.807) is 7.11 Å².